The highest BCUT2D eigenvalue weighted by atomic mass is 32.1. The van der Waals surface area contributed by atoms with E-state index in [1.165, 1.54) is 4.88 Å². The van der Waals surface area contributed by atoms with Gasteiger partial charge in [0.25, 0.3) is 0 Å². The van der Waals surface area contributed by atoms with E-state index >= 15 is 0 Å². The van der Waals surface area contributed by atoms with Gasteiger partial charge in [0, 0.05) is 22.4 Å². The van der Waals surface area contributed by atoms with Gasteiger partial charge in [-0.15, -0.1) is 17.9 Å². The van der Waals surface area contributed by atoms with E-state index < -0.39 is 0 Å². The zero-order valence-electron chi connectivity index (χ0n) is 10.8. The van der Waals surface area contributed by atoms with Crippen molar-refractivity contribution in [3.05, 3.63) is 35.0 Å². The zero-order chi connectivity index (χ0) is 12.2. The van der Waals surface area contributed by atoms with Crippen LogP contribution in [-0.2, 0) is 6.42 Å². The molecule has 1 unspecified atom stereocenters. The summed E-state index contributed by atoms with van der Waals surface area (Å²) in [5.74, 6) is 0. The molecule has 0 saturated carbocycles. The van der Waals surface area contributed by atoms with Crippen LogP contribution in [0.15, 0.2) is 30.2 Å². The van der Waals surface area contributed by atoms with Crippen LogP contribution in [0, 0.1) is 5.41 Å². The fourth-order valence-electron chi connectivity index (χ4n) is 1.49. The van der Waals surface area contributed by atoms with Gasteiger partial charge in [-0.05, 0) is 38.6 Å². The number of nitrogens with one attached hydrogen (secondary N) is 1. The Bertz CT molecular complexity index is 321. The molecular formula is C14H23NS. The lowest BCUT2D eigenvalue weighted by Gasteiger charge is -2.31. The van der Waals surface area contributed by atoms with E-state index in [2.05, 4.69) is 63.2 Å². The van der Waals surface area contributed by atoms with Crippen molar-refractivity contribution in [1.82, 2.24) is 5.32 Å². The van der Waals surface area contributed by atoms with Crippen molar-refractivity contribution in [2.45, 2.75) is 39.7 Å². The van der Waals surface area contributed by atoms with Crippen LogP contribution in [-0.4, -0.2) is 12.1 Å². The molecule has 0 bridgehead atoms. The normalized spacial score (nSPS) is 15.8. The van der Waals surface area contributed by atoms with Crippen LogP contribution in [0.1, 0.15) is 32.6 Å². The van der Waals surface area contributed by atoms with E-state index in [1.54, 1.807) is 0 Å². The minimum absolute atomic E-state index is 0.137. The van der Waals surface area contributed by atoms with Crippen molar-refractivity contribution in [3.8, 4) is 0 Å². The molecule has 16 heavy (non-hydrogen) atoms. The molecule has 1 rings (SSSR count). The molecule has 0 amide bonds. The first kappa shape index (κ1) is 13.5. The van der Waals surface area contributed by atoms with E-state index in [0.717, 1.165) is 13.0 Å². The summed E-state index contributed by atoms with van der Waals surface area (Å²) in [6.07, 6.45) is 3.14. The summed E-state index contributed by atoms with van der Waals surface area (Å²) < 4.78 is 0. The summed E-state index contributed by atoms with van der Waals surface area (Å²) in [7, 11) is 0. The van der Waals surface area contributed by atoms with E-state index in [0.29, 0.717) is 0 Å². The second-order valence-electron chi connectivity index (χ2n) is 5.72. The number of thiophene rings is 1. The predicted molar refractivity (Wildman–Crippen MR) is 74.1 cm³/mol. The minimum Gasteiger partial charge on any atom is -0.311 e. The Kier molecular flexibility index (Phi) is 4.34. The Morgan fingerprint density at radius 1 is 1.38 bits per heavy atom. The fourth-order valence-corrected chi connectivity index (χ4v) is 2.39. The SMILES string of the molecule is C=CC(C)(CNC(C)(C)C)Cc1cccs1. The predicted octanol–water partition coefficient (Wildman–Crippen LogP) is 3.87. The van der Waals surface area contributed by atoms with Gasteiger partial charge >= 0.3 is 0 Å². The van der Waals surface area contributed by atoms with Gasteiger partial charge in [0.2, 0.25) is 0 Å². The van der Waals surface area contributed by atoms with Gasteiger partial charge in [0.05, 0.1) is 0 Å². The lowest BCUT2D eigenvalue weighted by molar-refractivity contribution is 0.324. The standard InChI is InChI=1S/C14H23NS/c1-6-14(5,11-15-13(2,3)4)10-12-8-7-9-16-12/h6-9,15H,1,10-11H2,2-5H3. The van der Waals surface area contributed by atoms with Crippen molar-refractivity contribution in [1.29, 1.82) is 0 Å². The maximum absolute atomic E-state index is 3.98. The number of rotatable bonds is 5. The van der Waals surface area contributed by atoms with E-state index in [9.17, 15) is 0 Å². The first-order valence-corrected chi connectivity index (χ1v) is 6.64. The summed E-state index contributed by atoms with van der Waals surface area (Å²) >= 11 is 1.82. The topological polar surface area (TPSA) is 12.0 Å². The van der Waals surface area contributed by atoms with Gasteiger partial charge in [-0.3, -0.25) is 0 Å². The van der Waals surface area contributed by atoms with Crippen LogP contribution in [0.25, 0.3) is 0 Å². The number of hydrogen-bond acceptors (Lipinski definition) is 2. The van der Waals surface area contributed by atoms with Crippen molar-refractivity contribution in [3.63, 3.8) is 0 Å². The Morgan fingerprint density at radius 3 is 2.50 bits per heavy atom. The average molecular weight is 237 g/mol. The van der Waals surface area contributed by atoms with Crippen LogP contribution in [0.5, 0.6) is 0 Å². The molecule has 0 saturated heterocycles. The molecule has 0 aliphatic rings. The van der Waals surface area contributed by atoms with Crippen molar-refractivity contribution < 1.29 is 0 Å². The van der Waals surface area contributed by atoms with Crippen LogP contribution >= 0.6 is 11.3 Å². The van der Waals surface area contributed by atoms with E-state index in [1.807, 2.05) is 11.3 Å². The summed E-state index contributed by atoms with van der Waals surface area (Å²) in [5, 5.41) is 5.69. The molecular weight excluding hydrogens is 214 g/mol. The molecule has 1 aromatic rings. The third kappa shape index (κ3) is 4.50. The van der Waals surface area contributed by atoms with E-state index in [4.69, 9.17) is 0 Å². The summed E-state index contributed by atoms with van der Waals surface area (Å²) in [6.45, 7) is 13.8. The maximum Gasteiger partial charge on any atom is 0.00968 e. The van der Waals surface area contributed by atoms with Crippen LogP contribution in [0.3, 0.4) is 0 Å². The smallest absolute Gasteiger partial charge is 0.00968 e. The fraction of sp³-hybridized carbons (Fsp3) is 0.571. The van der Waals surface area contributed by atoms with Gasteiger partial charge in [0.15, 0.2) is 0 Å². The Balaban J connectivity index is 2.60. The molecule has 0 spiro atoms. The van der Waals surface area contributed by atoms with Crippen molar-refractivity contribution in [2.24, 2.45) is 5.41 Å². The monoisotopic (exact) mass is 237 g/mol. The van der Waals surface area contributed by atoms with Gasteiger partial charge in [-0.2, -0.15) is 0 Å². The van der Waals surface area contributed by atoms with Crippen LogP contribution < -0.4 is 5.32 Å². The lowest BCUT2D eigenvalue weighted by atomic mass is 9.85. The zero-order valence-corrected chi connectivity index (χ0v) is 11.7. The highest BCUT2D eigenvalue weighted by molar-refractivity contribution is 7.09. The molecule has 1 aromatic heterocycles. The summed E-state index contributed by atoms with van der Waals surface area (Å²) in [5.41, 5.74) is 0.303. The molecule has 1 N–H and O–H groups in total. The third-order valence-electron chi connectivity index (χ3n) is 2.67. The first-order chi connectivity index (χ1) is 7.35. The second kappa shape index (κ2) is 5.15. The molecule has 1 nitrogen and oxygen atoms in total. The molecule has 90 valence electrons. The largest absolute Gasteiger partial charge is 0.311 e. The first-order valence-electron chi connectivity index (χ1n) is 5.76. The lowest BCUT2D eigenvalue weighted by Crippen LogP contribution is -2.42. The van der Waals surface area contributed by atoms with Crippen LogP contribution in [0.4, 0.5) is 0 Å². The van der Waals surface area contributed by atoms with E-state index in [-0.39, 0.29) is 11.0 Å². The minimum atomic E-state index is 0.137. The average Bonchev–Trinajstić information content (AvgIpc) is 2.66. The van der Waals surface area contributed by atoms with Gasteiger partial charge in [-0.25, -0.2) is 0 Å². The Hall–Kier alpha value is -0.600. The van der Waals surface area contributed by atoms with Crippen molar-refractivity contribution >= 4 is 11.3 Å². The number of hydrogen-bond donors (Lipinski definition) is 1. The maximum atomic E-state index is 3.98. The second-order valence-corrected chi connectivity index (χ2v) is 6.75. The summed E-state index contributed by atoms with van der Waals surface area (Å²) in [6, 6.07) is 4.31. The molecule has 0 aliphatic heterocycles. The molecule has 0 aliphatic carbocycles. The van der Waals surface area contributed by atoms with Gasteiger partial charge < -0.3 is 5.32 Å². The highest BCUT2D eigenvalue weighted by Crippen LogP contribution is 2.26. The van der Waals surface area contributed by atoms with Crippen molar-refractivity contribution in [2.75, 3.05) is 6.54 Å². The Labute approximate surface area is 104 Å². The Morgan fingerprint density at radius 2 is 2.06 bits per heavy atom. The molecule has 2 heteroatoms. The van der Waals surface area contributed by atoms with Gasteiger partial charge in [-0.1, -0.05) is 19.1 Å². The molecule has 1 heterocycles. The van der Waals surface area contributed by atoms with Gasteiger partial charge in [0.1, 0.15) is 0 Å². The van der Waals surface area contributed by atoms with Crippen LogP contribution in [0.2, 0.25) is 0 Å². The summed E-state index contributed by atoms with van der Waals surface area (Å²) in [4.78, 5) is 1.43. The highest BCUT2D eigenvalue weighted by Gasteiger charge is 2.23. The molecule has 0 radical (unpaired) electrons. The molecule has 1 atom stereocenters. The third-order valence-corrected chi connectivity index (χ3v) is 3.55. The molecule has 0 aromatic carbocycles. The quantitative estimate of drug-likeness (QED) is 0.767. The molecule has 0 fully saturated rings.